The van der Waals surface area contributed by atoms with E-state index >= 15 is 0 Å². The molecule has 1 aliphatic heterocycles. The molecule has 2 heteroatoms. The molecular formula is C11H21NO. The van der Waals surface area contributed by atoms with E-state index in [1.54, 1.807) is 0 Å². The second kappa shape index (κ2) is 3.58. The quantitative estimate of drug-likeness (QED) is 0.706. The second-order valence-corrected chi connectivity index (χ2v) is 4.91. The lowest BCUT2D eigenvalue weighted by atomic mass is 10.00. The van der Waals surface area contributed by atoms with Gasteiger partial charge in [-0.2, -0.15) is 0 Å². The van der Waals surface area contributed by atoms with E-state index in [9.17, 15) is 0 Å². The van der Waals surface area contributed by atoms with Crippen LogP contribution in [-0.4, -0.2) is 24.3 Å². The third-order valence-corrected chi connectivity index (χ3v) is 3.26. The molecule has 0 bridgehead atoms. The molecule has 1 N–H and O–H groups in total. The zero-order valence-corrected chi connectivity index (χ0v) is 8.92. The molecule has 0 aromatic carbocycles. The lowest BCUT2D eigenvalue weighted by molar-refractivity contribution is -0.0424. The highest BCUT2D eigenvalue weighted by molar-refractivity contribution is 4.93. The van der Waals surface area contributed by atoms with Gasteiger partial charge >= 0.3 is 0 Å². The molecule has 2 fully saturated rings. The van der Waals surface area contributed by atoms with Gasteiger partial charge in [0.15, 0.2) is 0 Å². The summed E-state index contributed by atoms with van der Waals surface area (Å²) in [6.07, 6.45) is 4.63. The Balaban J connectivity index is 1.78. The van der Waals surface area contributed by atoms with Crippen molar-refractivity contribution in [2.45, 2.75) is 64.3 Å². The van der Waals surface area contributed by atoms with Gasteiger partial charge in [-0.15, -0.1) is 0 Å². The lowest BCUT2D eigenvalue weighted by Gasteiger charge is -2.32. The highest BCUT2D eigenvalue weighted by Gasteiger charge is 2.35. The van der Waals surface area contributed by atoms with Crippen LogP contribution in [0.25, 0.3) is 0 Å². The Morgan fingerprint density at radius 1 is 1.00 bits per heavy atom. The van der Waals surface area contributed by atoms with Crippen molar-refractivity contribution in [2.24, 2.45) is 5.92 Å². The average molecular weight is 183 g/mol. The largest absolute Gasteiger partial charge is 0.375 e. The van der Waals surface area contributed by atoms with Gasteiger partial charge in [0.1, 0.15) is 0 Å². The van der Waals surface area contributed by atoms with Gasteiger partial charge in [0.2, 0.25) is 0 Å². The molecule has 0 radical (unpaired) electrons. The number of rotatable bonds is 2. The fraction of sp³-hybridized carbons (Fsp3) is 1.00. The average Bonchev–Trinajstić information content (AvgIpc) is 2.63. The maximum absolute atomic E-state index is 5.71. The third-order valence-electron chi connectivity index (χ3n) is 3.26. The minimum absolute atomic E-state index is 0.440. The molecule has 4 unspecified atom stereocenters. The van der Waals surface area contributed by atoms with Crippen molar-refractivity contribution in [3.63, 3.8) is 0 Å². The highest BCUT2D eigenvalue weighted by Crippen LogP contribution is 2.31. The fourth-order valence-corrected chi connectivity index (χ4v) is 2.40. The smallest absolute Gasteiger partial charge is 0.0565 e. The van der Waals surface area contributed by atoms with Crippen molar-refractivity contribution in [3.8, 4) is 0 Å². The monoisotopic (exact) mass is 183 g/mol. The molecule has 1 saturated carbocycles. The zero-order valence-electron chi connectivity index (χ0n) is 8.92. The van der Waals surface area contributed by atoms with E-state index in [4.69, 9.17) is 4.74 Å². The standard InChI is InChI=1S/C11H21NO/c1-7-4-11(7)12-10-5-8(2)13-9(3)6-10/h7-12H,4-6H2,1-3H3. The molecule has 1 aliphatic carbocycles. The Hall–Kier alpha value is -0.0800. The summed E-state index contributed by atoms with van der Waals surface area (Å²) in [5, 5.41) is 3.72. The number of ether oxygens (including phenoxy) is 1. The summed E-state index contributed by atoms with van der Waals surface area (Å²) in [5.74, 6) is 0.911. The second-order valence-electron chi connectivity index (χ2n) is 4.91. The molecule has 4 atom stereocenters. The first-order chi connectivity index (χ1) is 6.15. The van der Waals surface area contributed by atoms with Crippen LogP contribution in [0.3, 0.4) is 0 Å². The fourth-order valence-electron chi connectivity index (χ4n) is 2.40. The van der Waals surface area contributed by atoms with E-state index in [1.807, 2.05) is 0 Å². The van der Waals surface area contributed by atoms with Gasteiger partial charge in [-0.1, -0.05) is 6.92 Å². The molecule has 1 saturated heterocycles. The molecule has 1 heterocycles. The van der Waals surface area contributed by atoms with Crippen LogP contribution in [0.4, 0.5) is 0 Å². The number of hydrogen-bond acceptors (Lipinski definition) is 2. The molecular weight excluding hydrogens is 162 g/mol. The Morgan fingerprint density at radius 3 is 2.00 bits per heavy atom. The zero-order chi connectivity index (χ0) is 9.42. The molecule has 0 aromatic rings. The first kappa shape index (κ1) is 9.47. The maximum atomic E-state index is 5.71. The van der Waals surface area contributed by atoms with E-state index < -0.39 is 0 Å². The predicted octanol–water partition coefficient (Wildman–Crippen LogP) is 1.94. The van der Waals surface area contributed by atoms with Crippen LogP contribution in [-0.2, 0) is 4.74 Å². The van der Waals surface area contributed by atoms with Crippen LogP contribution in [0.1, 0.15) is 40.0 Å². The number of nitrogens with one attached hydrogen (secondary N) is 1. The molecule has 0 amide bonds. The van der Waals surface area contributed by atoms with Gasteiger partial charge in [0.05, 0.1) is 12.2 Å². The van der Waals surface area contributed by atoms with Crippen molar-refractivity contribution in [1.82, 2.24) is 5.32 Å². The van der Waals surface area contributed by atoms with Gasteiger partial charge in [-0.05, 0) is 39.0 Å². The van der Waals surface area contributed by atoms with Gasteiger partial charge in [0.25, 0.3) is 0 Å². The Labute approximate surface area is 81.0 Å². The third kappa shape index (κ3) is 2.44. The maximum Gasteiger partial charge on any atom is 0.0565 e. The van der Waals surface area contributed by atoms with Crippen LogP contribution >= 0.6 is 0 Å². The first-order valence-corrected chi connectivity index (χ1v) is 5.56. The van der Waals surface area contributed by atoms with E-state index in [0.717, 1.165) is 12.0 Å². The van der Waals surface area contributed by atoms with Crippen LogP contribution in [0.15, 0.2) is 0 Å². The van der Waals surface area contributed by atoms with Gasteiger partial charge in [-0.25, -0.2) is 0 Å². The van der Waals surface area contributed by atoms with Crippen LogP contribution < -0.4 is 5.32 Å². The highest BCUT2D eigenvalue weighted by atomic mass is 16.5. The van der Waals surface area contributed by atoms with Crippen LogP contribution in [0.2, 0.25) is 0 Å². The van der Waals surface area contributed by atoms with Crippen molar-refractivity contribution < 1.29 is 4.74 Å². The van der Waals surface area contributed by atoms with E-state index in [0.29, 0.717) is 18.2 Å². The summed E-state index contributed by atoms with van der Waals surface area (Å²) >= 11 is 0. The summed E-state index contributed by atoms with van der Waals surface area (Å²) in [4.78, 5) is 0. The van der Waals surface area contributed by atoms with Crippen LogP contribution in [0, 0.1) is 5.92 Å². The lowest BCUT2D eigenvalue weighted by Crippen LogP contribution is -2.42. The SMILES string of the molecule is CC1CC(NC2CC2C)CC(C)O1. The van der Waals surface area contributed by atoms with Crippen molar-refractivity contribution in [2.75, 3.05) is 0 Å². The molecule has 0 aromatic heterocycles. The molecule has 2 rings (SSSR count). The summed E-state index contributed by atoms with van der Waals surface area (Å²) in [5.41, 5.74) is 0. The minimum Gasteiger partial charge on any atom is -0.375 e. The summed E-state index contributed by atoms with van der Waals surface area (Å²) in [7, 11) is 0. The molecule has 0 spiro atoms. The summed E-state index contributed by atoms with van der Waals surface area (Å²) < 4.78 is 5.71. The molecule has 13 heavy (non-hydrogen) atoms. The molecule has 76 valence electrons. The van der Waals surface area contributed by atoms with Gasteiger partial charge in [-0.3, -0.25) is 0 Å². The van der Waals surface area contributed by atoms with E-state index in [2.05, 4.69) is 26.1 Å². The topological polar surface area (TPSA) is 21.3 Å². The molecule has 2 nitrogen and oxygen atoms in total. The Bertz CT molecular complexity index is 173. The van der Waals surface area contributed by atoms with Crippen LogP contribution in [0.5, 0.6) is 0 Å². The summed E-state index contributed by atoms with van der Waals surface area (Å²) in [6, 6.07) is 1.51. The summed E-state index contributed by atoms with van der Waals surface area (Å²) in [6.45, 7) is 6.69. The minimum atomic E-state index is 0.440. The first-order valence-electron chi connectivity index (χ1n) is 5.56. The normalized spacial score (nSPS) is 50.5. The van der Waals surface area contributed by atoms with Gasteiger partial charge in [0, 0.05) is 12.1 Å². The molecule has 2 aliphatic rings. The van der Waals surface area contributed by atoms with Crippen molar-refractivity contribution >= 4 is 0 Å². The van der Waals surface area contributed by atoms with Gasteiger partial charge < -0.3 is 10.1 Å². The van der Waals surface area contributed by atoms with Crippen molar-refractivity contribution in [3.05, 3.63) is 0 Å². The van der Waals surface area contributed by atoms with E-state index in [-0.39, 0.29) is 0 Å². The predicted molar refractivity (Wildman–Crippen MR) is 53.7 cm³/mol. The Kier molecular flexibility index (Phi) is 2.61. The Morgan fingerprint density at radius 2 is 1.54 bits per heavy atom. The van der Waals surface area contributed by atoms with E-state index in [1.165, 1.54) is 19.3 Å². The number of hydrogen-bond donors (Lipinski definition) is 1. The van der Waals surface area contributed by atoms with Crippen molar-refractivity contribution in [1.29, 1.82) is 0 Å².